The standard InChI is InChI=1S/C21H23F4N3O5/c1-33-17-7-13(22)12(6-14(17)23)15-5-11(9-29)16(8-26-15)28-4-2-3-21(10-28,27-20(31)32)18(30)19(24)25/h5-8,18-19,27,29-30H,2-4,9-10H2,1H3,(H,31,32). The largest absolute Gasteiger partial charge is 0.494 e. The molecule has 0 radical (unpaired) electrons. The van der Waals surface area contributed by atoms with Crippen LogP contribution in [0, 0.1) is 11.6 Å². The van der Waals surface area contributed by atoms with Crippen molar-refractivity contribution in [1.29, 1.82) is 0 Å². The van der Waals surface area contributed by atoms with Crippen molar-refractivity contribution >= 4 is 11.8 Å². The summed E-state index contributed by atoms with van der Waals surface area (Å²) in [5.74, 6) is -1.91. The normalized spacial score (nSPS) is 19.5. The van der Waals surface area contributed by atoms with Gasteiger partial charge in [-0.2, -0.15) is 0 Å². The van der Waals surface area contributed by atoms with E-state index < -0.39 is 42.4 Å². The zero-order valence-corrected chi connectivity index (χ0v) is 17.6. The number of hydrogen-bond donors (Lipinski definition) is 4. The number of aliphatic hydroxyl groups is 2. The molecular formula is C21H23F4N3O5. The second-order valence-corrected chi connectivity index (χ2v) is 7.71. The van der Waals surface area contributed by atoms with Gasteiger partial charge < -0.3 is 30.3 Å². The van der Waals surface area contributed by atoms with Crippen LogP contribution in [0.4, 0.5) is 28.0 Å². The Bertz CT molecular complexity index is 1030. The highest BCUT2D eigenvalue weighted by molar-refractivity contribution is 5.68. The zero-order valence-electron chi connectivity index (χ0n) is 17.6. The van der Waals surface area contributed by atoms with Crippen molar-refractivity contribution in [3.8, 4) is 17.0 Å². The summed E-state index contributed by atoms with van der Waals surface area (Å²) in [4.78, 5) is 16.9. The highest BCUT2D eigenvalue weighted by Crippen LogP contribution is 2.35. The molecule has 1 aliphatic heterocycles. The maximum atomic E-state index is 14.5. The molecule has 2 atom stereocenters. The number of piperidine rings is 1. The third-order valence-corrected chi connectivity index (χ3v) is 5.68. The second kappa shape index (κ2) is 9.79. The predicted octanol–water partition coefficient (Wildman–Crippen LogP) is 2.76. The predicted molar refractivity (Wildman–Crippen MR) is 109 cm³/mol. The fourth-order valence-electron chi connectivity index (χ4n) is 4.09. The first-order valence-electron chi connectivity index (χ1n) is 9.97. The highest BCUT2D eigenvalue weighted by atomic mass is 19.3. The Morgan fingerprint density at radius 3 is 2.64 bits per heavy atom. The maximum Gasteiger partial charge on any atom is 0.405 e. The van der Waals surface area contributed by atoms with Gasteiger partial charge in [-0.15, -0.1) is 0 Å². The molecule has 1 amide bonds. The molecule has 3 rings (SSSR count). The van der Waals surface area contributed by atoms with E-state index in [-0.39, 0.29) is 47.6 Å². The van der Waals surface area contributed by atoms with Crippen molar-refractivity contribution in [2.45, 2.75) is 37.5 Å². The van der Waals surface area contributed by atoms with Crippen LogP contribution in [0.2, 0.25) is 0 Å². The van der Waals surface area contributed by atoms with Gasteiger partial charge in [0.2, 0.25) is 0 Å². The lowest BCUT2D eigenvalue weighted by atomic mass is 9.83. The van der Waals surface area contributed by atoms with Crippen molar-refractivity contribution < 1.29 is 42.4 Å². The third-order valence-electron chi connectivity index (χ3n) is 5.68. The molecule has 0 saturated carbocycles. The van der Waals surface area contributed by atoms with E-state index in [4.69, 9.17) is 9.84 Å². The van der Waals surface area contributed by atoms with Gasteiger partial charge >= 0.3 is 6.09 Å². The van der Waals surface area contributed by atoms with Crippen LogP contribution < -0.4 is 15.0 Å². The summed E-state index contributed by atoms with van der Waals surface area (Å²) in [5, 5.41) is 31.1. The summed E-state index contributed by atoms with van der Waals surface area (Å²) in [6, 6.07) is 3.09. The van der Waals surface area contributed by atoms with Crippen LogP contribution in [0.5, 0.6) is 5.75 Å². The van der Waals surface area contributed by atoms with Gasteiger partial charge in [0.25, 0.3) is 6.43 Å². The molecule has 1 aliphatic rings. The Kier molecular flexibility index (Phi) is 7.28. The minimum atomic E-state index is -3.19. The van der Waals surface area contributed by atoms with Gasteiger partial charge in [0.1, 0.15) is 11.9 Å². The van der Waals surface area contributed by atoms with Crippen LogP contribution >= 0.6 is 0 Å². The molecule has 1 fully saturated rings. The summed E-state index contributed by atoms with van der Waals surface area (Å²) >= 11 is 0. The molecule has 12 heteroatoms. The number of methoxy groups -OCH3 is 1. The molecule has 2 heterocycles. The van der Waals surface area contributed by atoms with Crippen LogP contribution in [0.15, 0.2) is 24.4 Å². The van der Waals surface area contributed by atoms with Crippen LogP contribution in [-0.4, -0.2) is 64.7 Å². The van der Waals surface area contributed by atoms with E-state index in [9.17, 15) is 32.6 Å². The smallest absolute Gasteiger partial charge is 0.405 e. The number of benzene rings is 1. The zero-order chi connectivity index (χ0) is 24.3. The van der Waals surface area contributed by atoms with Gasteiger partial charge in [-0.1, -0.05) is 0 Å². The number of pyridine rings is 1. The van der Waals surface area contributed by atoms with Gasteiger partial charge in [-0.25, -0.2) is 22.4 Å². The van der Waals surface area contributed by atoms with Crippen molar-refractivity contribution in [1.82, 2.24) is 10.3 Å². The van der Waals surface area contributed by atoms with Gasteiger partial charge in [0.15, 0.2) is 11.6 Å². The number of amides is 1. The van der Waals surface area contributed by atoms with Crippen molar-refractivity contribution in [2.24, 2.45) is 0 Å². The molecule has 33 heavy (non-hydrogen) atoms. The molecule has 1 aromatic carbocycles. The van der Waals surface area contributed by atoms with Crippen LogP contribution in [-0.2, 0) is 6.61 Å². The average Bonchev–Trinajstić information content (AvgIpc) is 2.78. The monoisotopic (exact) mass is 473 g/mol. The molecule has 0 bridgehead atoms. The van der Waals surface area contributed by atoms with Crippen molar-refractivity contribution in [3.63, 3.8) is 0 Å². The van der Waals surface area contributed by atoms with E-state index in [1.165, 1.54) is 24.3 Å². The highest BCUT2D eigenvalue weighted by Gasteiger charge is 2.47. The number of aliphatic hydroxyl groups excluding tert-OH is 2. The Balaban J connectivity index is 1.98. The van der Waals surface area contributed by atoms with Gasteiger partial charge in [-0.05, 0) is 25.0 Å². The Morgan fingerprint density at radius 2 is 2.03 bits per heavy atom. The minimum absolute atomic E-state index is 0.0152. The second-order valence-electron chi connectivity index (χ2n) is 7.71. The first-order valence-corrected chi connectivity index (χ1v) is 9.97. The fraction of sp³-hybridized carbons (Fsp3) is 0.429. The number of ether oxygens (including phenoxy) is 1. The van der Waals surface area contributed by atoms with Gasteiger partial charge in [-0.3, -0.25) is 4.98 Å². The van der Waals surface area contributed by atoms with Gasteiger partial charge in [0.05, 0.1) is 36.8 Å². The molecule has 1 aromatic heterocycles. The number of halogens is 4. The summed E-state index contributed by atoms with van der Waals surface area (Å²) in [7, 11) is 1.19. The average molecular weight is 473 g/mol. The van der Waals surface area contributed by atoms with Crippen LogP contribution in [0.1, 0.15) is 18.4 Å². The molecule has 2 unspecified atom stereocenters. The lowest BCUT2D eigenvalue weighted by Crippen LogP contribution is -2.66. The van der Waals surface area contributed by atoms with E-state index in [1.807, 2.05) is 5.32 Å². The Labute approximate surface area is 186 Å². The number of anilines is 1. The van der Waals surface area contributed by atoms with Crippen LogP contribution in [0.3, 0.4) is 0 Å². The summed E-state index contributed by atoms with van der Waals surface area (Å²) in [6.07, 6.45) is -5.54. The summed E-state index contributed by atoms with van der Waals surface area (Å²) in [5.41, 5.74) is -1.50. The number of carbonyl (C=O) groups is 1. The third kappa shape index (κ3) is 4.96. The topological polar surface area (TPSA) is 115 Å². The van der Waals surface area contributed by atoms with Crippen molar-refractivity contribution in [2.75, 3.05) is 25.1 Å². The quantitative estimate of drug-likeness (QED) is 0.457. The minimum Gasteiger partial charge on any atom is -0.494 e. The molecule has 4 N–H and O–H groups in total. The number of hydrogen-bond acceptors (Lipinski definition) is 6. The maximum absolute atomic E-state index is 14.5. The number of nitrogens with zero attached hydrogens (tertiary/aromatic N) is 2. The number of alkyl halides is 2. The SMILES string of the molecule is COc1cc(F)c(-c2cc(CO)c(N3CCCC(NC(=O)O)(C(O)C(F)F)C3)cn2)cc1F. The first kappa shape index (κ1) is 24.5. The number of nitrogens with one attached hydrogen (secondary N) is 1. The van der Waals surface area contributed by atoms with E-state index in [1.54, 1.807) is 0 Å². The Morgan fingerprint density at radius 1 is 1.30 bits per heavy atom. The molecule has 0 spiro atoms. The lowest BCUT2D eigenvalue weighted by molar-refractivity contribution is -0.0627. The van der Waals surface area contributed by atoms with Crippen molar-refractivity contribution in [3.05, 3.63) is 41.6 Å². The Hall–Kier alpha value is -3.12. The number of rotatable bonds is 7. The molecule has 1 saturated heterocycles. The first-order chi connectivity index (χ1) is 15.6. The number of aromatic nitrogens is 1. The van der Waals surface area contributed by atoms with Crippen LogP contribution in [0.25, 0.3) is 11.3 Å². The molecular weight excluding hydrogens is 450 g/mol. The summed E-state index contributed by atoms with van der Waals surface area (Å²) in [6.45, 7) is -0.554. The van der Waals surface area contributed by atoms with E-state index in [0.29, 0.717) is 6.54 Å². The molecule has 0 aliphatic carbocycles. The fourth-order valence-corrected chi connectivity index (χ4v) is 4.09. The van der Waals surface area contributed by atoms with Gasteiger partial charge in [0, 0.05) is 30.3 Å². The van der Waals surface area contributed by atoms with E-state index >= 15 is 0 Å². The molecule has 180 valence electrons. The molecule has 8 nitrogen and oxygen atoms in total. The molecule has 2 aromatic rings. The summed E-state index contributed by atoms with van der Waals surface area (Å²) < 4.78 is 59.9. The number of carboxylic acid groups (broad SMARTS) is 1. The van der Waals surface area contributed by atoms with E-state index in [0.717, 1.165) is 12.1 Å². The van der Waals surface area contributed by atoms with E-state index in [2.05, 4.69) is 4.98 Å². The lowest BCUT2D eigenvalue weighted by Gasteiger charge is -2.46.